The molecule has 3 aromatic heterocycles. The quantitative estimate of drug-likeness (QED) is 0.668. The van der Waals surface area contributed by atoms with E-state index in [4.69, 9.17) is 9.26 Å². The van der Waals surface area contributed by atoms with E-state index in [0.717, 1.165) is 17.1 Å². The van der Waals surface area contributed by atoms with E-state index in [1.54, 1.807) is 18.6 Å². The number of hydrogen-bond acceptors (Lipinski definition) is 7. The first kappa shape index (κ1) is 15.9. The highest BCUT2D eigenvalue weighted by molar-refractivity contribution is 5.54. The maximum atomic E-state index is 5.56. The SMILES string of the molecule is CC(C)c1noc(-c2ccc(NCCOc3cccnc3)nc2)n1. The molecule has 124 valence electrons. The first-order valence-corrected chi connectivity index (χ1v) is 7.79. The molecule has 0 fully saturated rings. The summed E-state index contributed by atoms with van der Waals surface area (Å²) < 4.78 is 10.8. The zero-order chi connectivity index (χ0) is 16.8. The molecule has 7 nitrogen and oxygen atoms in total. The van der Waals surface area contributed by atoms with Crippen molar-refractivity contribution in [2.24, 2.45) is 0 Å². The third-order valence-electron chi connectivity index (χ3n) is 3.28. The molecule has 0 radical (unpaired) electrons. The Labute approximate surface area is 140 Å². The predicted molar refractivity (Wildman–Crippen MR) is 89.8 cm³/mol. The van der Waals surface area contributed by atoms with Gasteiger partial charge in [0, 0.05) is 18.3 Å². The van der Waals surface area contributed by atoms with Gasteiger partial charge in [0.15, 0.2) is 5.82 Å². The molecule has 0 unspecified atom stereocenters. The van der Waals surface area contributed by atoms with Crippen LogP contribution in [-0.4, -0.2) is 33.3 Å². The highest BCUT2D eigenvalue weighted by Crippen LogP contribution is 2.20. The zero-order valence-corrected chi connectivity index (χ0v) is 13.6. The molecular formula is C17H19N5O2. The Morgan fingerprint density at radius 2 is 2.12 bits per heavy atom. The number of aromatic nitrogens is 4. The van der Waals surface area contributed by atoms with Crippen LogP contribution in [0.3, 0.4) is 0 Å². The number of nitrogens with zero attached hydrogens (tertiary/aromatic N) is 4. The van der Waals surface area contributed by atoms with Gasteiger partial charge in [0.2, 0.25) is 0 Å². The van der Waals surface area contributed by atoms with Crippen LogP contribution < -0.4 is 10.1 Å². The summed E-state index contributed by atoms with van der Waals surface area (Å²) >= 11 is 0. The van der Waals surface area contributed by atoms with Crippen molar-refractivity contribution in [1.82, 2.24) is 20.1 Å². The molecule has 7 heteroatoms. The van der Waals surface area contributed by atoms with Crippen LogP contribution in [0.15, 0.2) is 47.4 Å². The molecule has 3 rings (SSSR count). The molecule has 0 aliphatic heterocycles. The summed E-state index contributed by atoms with van der Waals surface area (Å²) in [6.45, 7) is 5.21. The predicted octanol–water partition coefficient (Wildman–Crippen LogP) is 3.14. The fraction of sp³-hybridized carbons (Fsp3) is 0.294. The van der Waals surface area contributed by atoms with Gasteiger partial charge < -0.3 is 14.6 Å². The first-order chi connectivity index (χ1) is 11.7. The molecule has 0 aliphatic rings. The van der Waals surface area contributed by atoms with Gasteiger partial charge in [-0.15, -0.1) is 0 Å². The average molecular weight is 325 g/mol. The minimum absolute atomic E-state index is 0.233. The molecule has 0 aliphatic carbocycles. The standard InChI is InChI=1S/C17H19N5O2/c1-12(2)16-21-17(24-22-16)13-5-6-15(20-10-13)19-8-9-23-14-4-3-7-18-11-14/h3-7,10-12H,8-9H2,1-2H3,(H,19,20). The van der Waals surface area contributed by atoms with Gasteiger partial charge in [-0.2, -0.15) is 4.98 Å². The normalized spacial score (nSPS) is 10.8. The summed E-state index contributed by atoms with van der Waals surface area (Å²) in [6, 6.07) is 7.48. The summed E-state index contributed by atoms with van der Waals surface area (Å²) in [5, 5.41) is 7.15. The average Bonchev–Trinajstić information content (AvgIpc) is 3.11. The van der Waals surface area contributed by atoms with Crippen LogP contribution in [0.4, 0.5) is 5.82 Å². The molecule has 0 amide bonds. The van der Waals surface area contributed by atoms with Gasteiger partial charge in [0.05, 0.1) is 18.3 Å². The van der Waals surface area contributed by atoms with Crippen LogP contribution in [0.5, 0.6) is 5.75 Å². The number of nitrogens with one attached hydrogen (secondary N) is 1. The van der Waals surface area contributed by atoms with Gasteiger partial charge in [0.25, 0.3) is 5.89 Å². The number of anilines is 1. The van der Waals surface area contributed by atoms with Crippen LogP contribution in [0.1, 0.15) is 25.6 Å². The Bertz CT molecular complexity index is 756. The number of hydrogen-bond donors (Lipinski definition) is 1. The lowest BCUT2D eigenvalue weighted by Crippen LogP contribution is -2.12. The van der Waals surface area contributed by atoms with Crippen molar-refractivity contribution in [3.05, 3.63) is 48.7 Å². The van der Waals surface area contributed by atoms with Crippen LogP contribution in [0.25, 0.3) is 11.5 Å². The summed E-state index contributed by atoms with van der Waals surface area (Å²) in [5.74, 6) is 2.92. The van der Waals surface area contributed by atoms with E-state index in [1.165, 1.54) is 0 Å². The third-order valence-corrected chi connectivity index (χ3v) is 3.28. The van der Waals surface area contributed by atoms with E-state index in [1.807, 2.05) is 38.1 Å². The van der Waals surface area contributed by atoms with Crippen molar-refractivity contribution >= 4 is 5.82 Å². The fourth-order valence-electron chi connectivity index (χ4n) is 1.99. The lowest BCUT2D eigenvalue weighted by atomic mass is 10.2. The highest BCUT2D eigenvalue weighted by atomic mass is 16.5. The van der Waals surface area contributed by atoms with E-state index in [9.17, 15) is 0 Å². The summed E-state index contributed by atoms with van der Waals surface area (Å²) in [4.78, 5) is 12.7. The fourth-order valence-corrected chi connectivity index (χ4v) is 1.99. The lowest BCUT2D eigenvalue weighted by molar-refractivity contribution is 0.331. The van der Waals surface area contributed by atoms with Gasteiger partial charge in [-0.05, 0) is 24.3 Å². The largest absolute Gasteiger partial charge is 0.490 e. The molecule has 3 heterocycles. The van der Waals surface area contributed by atoms with E-state index >= 15 is 0 Å². The first-order valence-electron chi connectivity index (χ1n) is 7.79. The minimum atomic E-state index is 0.233. The Kier molecular flexibility index (Phi) is 5.00. The molecule has 0 saturated carbocycles. The zero-order valence-electron chi connectivity index (χ0n) is 13.6. The molecule has 0 atom stereocenters. The van der Waals surface area contributed by atoms with E-state index in [-0.39, 0.29) is 5.92 Å². The Balaban J connectivity index is 1.51. The molecule has 3 aromatic rings. The van der Waals surface area contributed by atoms with Crippen molar-refractivity contribution in [2.75, 3.05) is 18.5 Å². The highest BCUT2D eigenvalue weighted by Gasteiger charge is 2.11. The van der Waals surface area contributed by atoms with E-state index < -0.39 is 0 Å². The van der Waals surface area contributed by atoms with Gasteiger partial charge in [-0.3, -0.25) is 4.98 Å². The van der Waals surface area contributed by atoms with Gasteiger partial charge in [0.1, 0.15) is 18.2 Å². The topological polar surface area (TPSA) is 86.0 Å². The smallest absolute Gasteiger partial charge is 0.259 e. The molecule has 0 saturated heterocycles. The number of rotatable bonds is 7. The minimum Gasteiger partial charge on any atom is -0.490 e. The lowest BCUT2D eigenvalue weighted by Gasteiger charge is -2.07. The van der Waals surface area contributed by atoms with E-state index in [2.05, 4.69) is 25.4 Å². The third kappa shape index (κ3) is 4.07. The van der Waals surface area contributed by atoms with Crippen LogP contribution in [0.2, 0.25) is 0 Å². The van der Waals surface area contributed by atoms with Crippen molar-refractivity contribution in [3.8, 4) is 17.2 Å². The number of ether oxygens (including phenoxy) is 1. The molecule has 0 spiro atoms. The van der Waals surface area contributed by atoms with Crippen molar-refractivity contribution in [2.45, 2.75) is 19.8 Å². The second-order valence-electron chi connectivity index (χ2n) is 5.51. The Morgan fingerprint density at radius 1 is 1.21 bits per heavy atom. The van der Waals surface area contributed by atoms with Crippen molar-refractivity contribution in [3.63, 3.8) is 0 Å². The molecular weight excluding hydrogens is 306 g/mol. The second-order valence-corrected chi connectivity index (χ2v) is 5.51. The second kappa shape index (κ2) is 7.54. The van der Waals surface area contributed by atoms with Crippen molar-refractivity contribution < 1.29 is 9.26 Å². The molecule has 1 N–H and O–H groups in total. The Hall–Kier alpha value is -2.96. The maximum absolute atomic E-state index is 5.56. The molecule has 24 heavy (non-hydrogen) atoms. The van der Waals surface area contributed by atoms with Gasteiger partial charge in [-0.1, -0.05) is 19.0 Å². The van der Waals surface area contributed by atoms with E-state index in [0.29, 0.717) is 24.9 Å². The van der Waals surface area contributed by atoms with Gasteiger partial charge in [-0.25, -0.2) is 4.98 Å². The molecule has 0 aromatic carbocycles. The van der Waals surface area contributed by atoms with Crippen molar-refractivity contribution in [1.29, 1.82) is 0 Å². The molecule has 0 bridgehead atoms. The van der Waals surface area contributed by atoms with Crippen LogP contribution in [-0.2, 0) is 0 Å². The van der Waals surface area contributed by atoms with Crippen LogP contribution in [0, 0.1) is 0 Å². The number of pyridine rings is 2. The van der Waals surface area contributed by atoms with Crippen LogP contribution >= 0.6 is 0 Å². The summed E-state index contributed by atoms with van der Waals surface area (Å²) in [6.07, 6.45) is 5.11. The summed E-state index contributed by atoms with van der Waals surface area (Å²) in [5.41, 5.74) is 0.798. The summed E-state index contributed by atoms with van der Waals surface area (Å²) in [7, 11) is 0. The Morgan fingerprint density at radius 3 is 2.79 bits per heavy atom. The van der Waals surface area contributed by atoms with Gasteiger partial charge >= 0.3 is 0 Å². The maximum Gasteiger partial charge on any atom is 0.259 e. The monoisotopic (exact) mass is 325 g/mol.